The summed E-state index contributed by atoms with van der Waals surface area (Å²) in [4.78, 5) is 23.3. The lowest BCUT2D eigenvalue weighted by molar-refractivity contribution is -0.384. The highest BCUT2D eigenvalue weighted by Crippen LogP contribution is 2.48. The maximum absolute atomic E-state index is 11.7. The number of carbonyl (C=O) groups excluding carboxylic acids is 1. The minimum atomic E-state index is -0.386. The molecule has 1 heterocycles. The standard InChI is InChI=1S/C20H14NO3S/c1-13(22)14-6-11-20-18(12-14)17-4-2-3-5-19(17)25(20)16-9-7-15(8-10-16)21(23)24/h2-12H,1H3/q+1. The second-order valence-corrected chi connectivity index (χ2v) is 7.78. The van der Waals surface area contributed by atoms with Gasteiger partial charge in [0.05, 0.1) is 4.92 Å². The van der Waals surface area contributed by atoms with Crippen LogP contribution in [0.2, 0.25) is 0 Å². The number of hydrogen-bond acceptors (Lipinski definition) is 3. The van der Waals surface area contributed by atoms with E-state index in [0.29, 0.717) is 5.56 Å². The van der Waals surface area contributed by atoms with Gasteiger partial charge in [-0.25, -0.2) is 0 Å². The second-order valence-electron chi connectivity index (χ2n) is 5.82. The summed E-state index contributed by atoms with van der Waals surface area (Å²) in [5.41, 5.74) is 0.787. The summed E-state index contributed by atoms with van der Waals surface area (Å²) >= 11 is 0. The van der Waals surface area contributed by atoms with E-state index in [4.69, 9.17) is 0 Å². The Morgan fingerprint density at radius 1 is 0.920 bits per heavy atom. The van der Waals surface area contributed by atoms with Gasteiger partial charge in [-0.15, -0.1) is 0 Å². The number of Topliss-reactive ketones (excluding diaryl/α,β-unsaturated/α-hetero) is 1. The van der Waals surface area contributed by atoms with Crippen molar-refractivity contribution in [3.05, 3.63) is 82.4 Å². The first-order valence-corrected chi connectivity index (χ1v) is 9.02. The molecule has 0 saturated heterocycles. The average molecular weight is 348 g/mol. The highest BCUT2D eigenvalue weighted by molar-refractivity contribution is 7.50. The molecule has 0 amide bonds. The van der Waals surface area contributed by atoms with Crippen LogP contribution in [0.5, 0.6) is 0 Å². The topological polar surface area (TPSA) is 60.2 Å². The van der Waals surface area contributed by atoms with E-state index < -0.39 is 0 Å². The Bertz CT molecular complexity index is 1140. The van der Waals surface area contributed by atoms with Gasteiger partial charge in [-0.05, 0) is 37.3 Å². The minimum absolute atomic E-state index is 0.0439. The van der Waals surface area contributed by atoms with Crippen molar-refractivity contribution >= 4 is 42.1 Å². The van der Waals surface area contributed by atoms with Crippen molar-refractivity contribution in [3.63, 3.8) is 0 Å². The molecule has 4 rings (SSSR count). The lowest BCUT2D eigenvalue weighted by atomic mass is 10.1. The van der Waals surface area contributed by atoms with Gasteiger partial charge in [0, 0.05) is 51.1 Å². The molecule has 0 aliphatic heterocycles. The van der Waals surface area contributed by atoms with Gasteiger partial charge >= 0.3 is 0 Å². The Hall–Kier alpha value is -3.05. The van der Waals surface area contributed by atoms with Crippen molar-refractivity contribution in [2.24, 2.45) is 0 Å². The number of nitrogens with zero attached hydrogens (tertiary/aromatic N) is 1. The van der Waals surface area contributed by atoms with Crippen molar-refractivity contribution in [3.8, 4) is 4.90 Å². The van der Waals surface area contributed by atoms with Crippen LogP contribution in [-0.2, 0) is 0 Å². The van der Waals surface area contributed by atoms with Gasteiger partial charge in [-0.3, -0.25) is 14.9 Å². The number of non-ortho nitro benzene ring substituents is 1. The summed E-state index contributed by atoms with van der Waals surface area (Å²) in [6.07, 6.45) is 0. The van der Waals surface area contributed by atoms with E-state index in [1.807, 2.05) is 42.5 Å². The van der Waals surface area contributed by atoms with E-state index in [1.165, 1.54) is 4.70 Å². The smallest absolute Gasteiger partial charge is 0.269 e. The first-order valence-electron chi connectivity index (χ1n) is 7.79. The number of carbonyl (C=O) groups is 1. The van der Waals surface area contributed by atoms with Crippen LogP contribution in [0.15, 0.2) is 66.7 Å². The minimum Gasteiger partial charge on any atom is -0.295 e. The number of nitro benzene ring substituents is 1. The predicted octanol–water partition coefficient (Wildman–Crippen LogP) is 5.84. The normalized spacial score (nSPS) is 11.8. The fourth-order valence-electron chi connectivity index (χ4n) is 3.08. The monoisotopic (exact) mass is 348 g/mol. The zero-order valence-corrected chi connectivity index (χ0v) is 14.2. The summed E-state index contributed by atoms with van der Waals surface area (Å²) in [7, 11) is -0.317. The predicted molar refractivity (Wildman–Crippen MR) is 102 cm³/mol. The van der Waals surface area contributed by atoms with E-state index in [9.17, 15) is 14.9 Å². The van der Waals surface area contributed by atoms with Gasteiger partial charge in [0.2, 0.25) is 0 Å². The Balaban J connectivity index is 2.04. The first-order chi connectivity index (χ1) is 12.1. The molecular formula is C20H14NO3S+. The molecule has 4 nitrogen and oxygen atoms in total. The van der Waals surface area contributed by atoms with Crippen molar-refractivity contribution in [2.45, 2.75) is 6.92 Å². The lowest BCUT2D eigenvalue weighted by Gasteiger charge is -1.95. The SMILES string of the molecule is CC(=O)c1ccc2c(c1)c1ccccc1[s+]2-c1ccc([N+](=O)[O-])cc1. The van der Waals surface area contributed by atoms with Crippen LogP contribution in [0.3, 0.4) is 0 Å². The van der Waals surface area contributed by atoms with Crippen LogP contribution in [0.1, 0.15) is 17.3 Å². The average Bonchev–Trinajstić information content (AvgIpc) is 2.95. The molecule has 3 aromatic carbocycles. The number of hydrogen-bond donors (Lipinski definition) is 0. The van der Waals surface area contributed by atoms with Gasteiger partial charge in [0.1, 0.15) is 0 Å². The molecule has 0 bridgehead atoms. The maximum atomic E-state index is 11.7. The summed E-state index contributed by atoms with van der Waals surface area (Å²) in [5, 5.41) is 13.1. The van der Waals surface area contributed by atoms with Crippen LogP contribution in [0, 0.1) is 10.1 Å². The largest absolute Gasteiger partial charge is 0.295 e. The molecule has 0 radical (unpaired) electrons. The molecule has 0 saturated carbocycles. The zero-order chi connectivity index (χ0) is 17.6. The molecule has 1 unspecified atom stereocenters. The van der Waals surface area contributed by atoms with Crippen LogP contribution < -0.4 is 0 Å². The molecule has 0 fully saturated rings. The zero-order valence-electron chi connectivity index (χ0n) is 13.4. The van der Waals surface area contributed by atoms with E-state index in [0.717, 1.165) is 20.4 Å². The Labute approximate surface area is 146 Å². The highest BCUT2D eigenvalue weighted by Gasteiger charge is 2.24. The third-order valence-electron chi connectivity index (χ3n) is 4.29. The highest BCUT2D eigenvalue weighted by atomic mass is 32.2. The Morgan fingerprint density at radius 3 is 2.28 bits per heavy atom. The van der Waals surface area contributed by atoms with Crippen LogP contribution in [-0.4, -0.2) is 10.7 Å². The van der Waals surface area contributed by atoms with Crippen molar-refractivity contribution in [2.75, 3.05) is 0 Å². The number of rotatable bonds is 3. The third-order valence-corrected chi connectivity index (χ3v) is 6.62. The molecule has 0 aliphatic rings. The second kappa shape index (κ2) is 5.79. The van der Waals surface area contributed by atoms with Crippen molar-refractivity contribution in [1.82, 2.24) is 0 Å². The van der Waals surface area contributed by atoms with Crippen LogP contribution in [0.4, 0.5) is 5.69 Å². The number of benzene rings is 3. The molecule has 5 heteroatoms. The van der Waals surface area contributed by atoms with Gasteiger partial charge < -0.3 is 0 Å². The number of ketones is 1. The maximum Gasteiger partial charge on any atom is 0.269 e. The molecule has 1 aromatic heterocycles. The van der Waals surface area contributed by atoms with Gasteiger partial charge in [-0.2, -0.15) is 0 Å². The van der Waals surface area contributed by atoms with Gasteiger partial charge in [0.25, 0.3) is 5.69 Å². The van der Waals surface area contributed by atoms with E-state index >= 15 is 0 Å². The van der Waals surface area contributed by atoms with Crippen molar-refractivity contribution < 1.29 is 9.72 Å². The summed E-state index contributed by atoms with van der Waals surface area (Å²) in [5.74, 6) is 0.0439. The van der Waals surface area contributed by atoms with E-state index in [-0.39, 0.29) is 26.9 Å². The fourth-order valence-corrected chi connectivity index (χ4v) is 5.44. The molecule has 122 valence electrons. The summed E-state index contributed by atoms with van der Waals surface area (Å²) in [6, 6.07) is 20.7. The summed E-state index contributed by atoms with van der Waals surface area (Å²) in [6.45, 7) is 1.57. The lowest BCUT2D eigenvalue weighted by Crippen LogP contribution is -1.90. The number of nitro groups is 1. The third kappa shape index (κ3) is 2.49. The first kappa shape index (κ1) is 15.5. The Kier molecular flexibility index (Phi) is 3.58. The summed E-state index contributed by atoms with van der Waals surface area (Å²) < 4.78 is 2.34. The van der Waals surface area contributed by atoms with Crippen LogP contribution in [0.25, 0.3) is 25.1 Å². The van der Waals surface area contributed by atoms with Gasteiger partial charge in [-0.1, -0.05) is 12.1 Å². The number of fused-ring (bicyclic) bond motifs is 3. The molecular weight excluding hydrogens is 334 g/mol. The molecule has 0 N–H and O–H groups in total. The molecule has 0 spiro atoms. The van der Waals surface area contributed by atoms with Crippen molar-refractivity contribution in [1.29, 1.82) is 0 Å². The number of thiophene rings is 1. The molecule has 25 heavy (non-hydrogen) atoms. The Morgan fingerprint density at radius 2 is 1.60 bits per heavy atom. The van der Waals surface area contributed by atoms with Gasteiger partial charge in [0.15, 0.2) is 20.1 Å². The quantitative estimate of drug-likeness (QED) is 0.202. The van der Waals surface area contributed by atoms with E-state index in [1.54, 1.807) is 19.1 Å². The molecule has 0 aliphatic carbocycles. The fraction of sp³-hybridized carbons (Fsp3) is 0.0500. The molecule has 1 atom stereocenters. The van der Waals surface area contributed by atoms with Crippen LogP contribution >= 0.6 is 10.5 Å². The van der Waals surface area contributed by atoms with E-state index in [2.05, 4.69) is 12.1 Å². The molecule has 4 aromatic rings.